The molecule has 0 spiro atoms. The van der Waals surface area contributed by atoms with Crippen molar-refractivity contribution in [2.24, 2.45) is 5.92 Å². The quantitative estimate of drug-likeness (QED) is 0.0346. The van der Waals surface area contributed by atoms with Gasteiger partial charge in [-0.25, -0.2) is 17.5 Å². The van der Waals surface area contributed by atoms with E-state index in [1.165, 1.54) is 24.3 Å². The molecule has 4 atom stereocenters. The van der Waals surface area contributed by atoms with E-state index in [1.807, 2.05) is 39.0 Å². The van der Waals surface area contributed by atoms with Crippen LogP contribution in [0.1, 0.15) is 47.1 Å². The molecule has 2 unspecified atom stereocenters. The molecule has 4 aromatic carbocycles. The number of hydrogen-bond acceptors (Lipinski definition) is 14. The van der Waals surface area contributed by atoms with E-state index in [0.29, 0.717) is 11.5 Å². The summed E-state index contributed by atoms with van der Waals surface area (Å²) in [7, 11) is -11.7. The normalized spacial score (nSPS) is 13.9. The minimum Gasteiger partial charge on any atom is -0.465 e. The van der Waals surface area contributed by atoms with Crippen LogP contribution in [0.25, 0.3) is 0 Å². The molecule has 0 fully saturated rings. The van der Waals surface area contributed by atoms with E-state index >= 15 is 0 Å². The van der Waals surface area contributed by atoms with Crippen LogP contribution in [-0.2, 0) is 38.0 Å². The van der Waals surface area contributed by atoms with Gasteiger partial charge in [-0.2, -0.15) is 10.2 Å². The Bertz CT molecular complexity index is 2160. The fourth-order valence-electron chi connectivity index (χ4n) is 4.77. The Morgan fingerprint density at radius 1 is 0.683 bits per heavy atom. The van der Waals surface area contributed by atoms with E-state index in [-0.39, 0.29) is 55.9 Å². The first-order valence-corrected chi connectivity index (χ1v) is 23.4. The van der Waals surface area contributed by atoms with Crippen molar-refractivity contribution in [3.05, 3.63) is 125 Å². The third-order valence-corrected chi connectivity index (χ3v) is 11.6. The molecule has 0 saturated carbocycles. The number of carbonyl (C=O) groups excluding carboxylic acids is 2. The number of nitrogens with zero attached hydrogens (tertiary/aromatic N) is 1. The number of non-ortho nitro benzene ring substituents is 1. The molecule has 0 aromatic heterocycles. The first kappa shape index (κ1) is 50.9. The molecule has 60 heavy (non-hydrogen) atoms. The van der Waals surface area contributed by atoms with Gasteiger partial charge in [-0.1, -0.05) is 75.4 Å². The maximum absolute atomic E-state index is 13.6. The molecule has 0 heterocycles. The molecule has 0 aliphatic heterocycles. The van der Waals surface area contributed by atoms with E-state index in [9.17, 15) is 37.3 Å². The average Bonchev–Trinajstić information content (AvgIpc) is 3.17. The number of ether oxygens (including phenoxy) is 2. The molecule has 4 rings (SSSR count). The SMILES string of the molecule is C.CCOC(=O)[C@@H](NP(=O)(Oc1ccccc1)Oc1ccc(C)cc1)C(C)C.CCOC(=O)[C@H](CCS(C)(=O)=O)NP(=O)(Oc1ccccc1)Oc1ccc([N+](=O)[O-])cc1. The zero-order chi connectivity index (χ0) is 43.6. The maximum atomic E-state index is 13.6. The summed E-state index contributed by atoms with van der Waals surface area (Å²) in [5.74, 6) is -1.04. The number of rotatable bonds is 21. The lowest BCUT2D eigenvalue weighted by Gasteiger charge is -2.26. The van der Waals surface area contributed by atoms with Gasteiger partial charge in [0.15, 0.2) is 0 Å². The van der Waals surface area contributed by atoms with Gasteiger partial charge in [0, 0.05) is 18.4 Å². The molecular weight excluding hydrogens is 840 g/mol. The van der Waals surface area contributed by atoms with Gasteiger partial charge in [0.05, 0.1) is 23.9 Å². The zero-order valence-electron chi connectivity index (χ0n) is 33.4. The van der Waals surface area contributed by atoms with Gasteiger partial charge in [0.2, 0.25) is 0 Å². The van der Waals surface area contributed by atoms with Crippen molar-refractivity contribution < 1.29 is 59.6 Å². The first-order chi connectivity index (χ1) is 27.8. The van der Waals surface area contributed by atoms with Crippen LogP contribution in [0.5, 0.6) is 23.0 Å². The fourth-order valence-corrected chi connectivity index (χ4v) is 8.67. The molecule has 328 valence electrons. The lowest BCUT2D eigenvalue weighted by atomic mass is 10.1. The van der Waals surface area contributed by atoms with Crippen LogP contribution < -0.4 is 28.3 Å². The molecular formula is C40H53N3O14P2S. The van der Waals surface area contributed by atoms with Gasteiger partial charge in [0.25, 0.3) is 5.69 Å². The molecule has 17 nitrogen and oxygen atoms in total. The Kier molecular flexibility index (Phi) is 20.5. The molecule has 0 aliphatic rings. The summed E-state index contributed by atoms with van der Waals surface area (Å²) in [5.41, 5.74) is 0.836. The summed E-state index contributed by atoms with van der Waals surface area (Å²) in [5, 5.41) is 16.1. The van der Waals surface area contributed by atoms with E-state index in [4.69, 9.17) is 27.6 Å². The summed E-state index contributed by atoms with van der Waals surface area (Å²) in [6, 6.07) is 26.3. The van der Waals surface area contributed by atoms with Gasteiger partial charge in [0.1, 0.15) is 44.9 Å². The highest BCUT2D eigenvalue weighted by molar-refractivity contribution is 7.90. The zero-order valence-corrected chi connectivity index (χ0v) is 36.0. The molecule has 20 heteroatoms. The number of esters is 2. The van der Waals surface area contributed by atoms with Crippen molar-refractivity contribution in [1.29, 1.82) is 0 Å². The van der Waals surface area contributed by atoms with Gasteiger partial charge in [-0.15, -0.1) is 0 Å². The van der Waals surface area contributed by atoms with Crippen LogP contribution in [0, 0.1) is 23.0 Å². The number of hydrogen-bond donors (Lipinski definition) is 2. The molecule has 0 aliphatic carbocycles. The first-order valence-electron chi connectivity index (χ1n) is 18.3. The number of sulfone groups is 1. The van der Waals surface area contributed by atoms with Crippen LogP contribution in [0.4, 0.5) is 5.69 Å². The van der Waals surface area contributed by atoms with Crippen LogP contribution in [0.3, 0.4) is 0 Å². The van der Waals surface area contributed by atoms with Crippen LogP contribution in [0.15, 0.2) is 109 Å². The van der Waals surface area contributed by atoms with E-state index in [1.54, 1.807) is 68.4 Å². The van der Waals surface area contributed by atoms with Gasteiger partial charge in [-0.3, -0.25) is 19.7 Å². The van der Waals surface area contributed by atoms with Crippen LogP contribution in [-0.4, -0.2) is 62.6 Å². The predicted octanol–water partition coefficient (Wildman–Crippen LogP) is 8.49. The van der Waals surface area contributed by atoms with Gasteiger partial charge in [-0.05, 0) is 81.6 Å². The summed E-state index contributed by atoms with van der Waals surface area (Å²) >= 11 is 0. The monoisotopic (exact) mass is 893 g/mol. The standard InChI is InChI=1S/C20H26NO5P.C19H23N2O9PS.CH4/c1-5-24-20(22)19(15(2)3)21-27(23,25-17-9-7-6-8-10-17)26-18-13-11-16(4)12-14-18;1-3-28-19(22)18(13-14-32(2,26)27)20-31(25,29-16-7-5-4-6-8-16)30-17-11-9-15(10-12-17)21(23)24;/h6-15,19H,5H2,1-4H3,(H,21,23);4-12,18H,3,13-14H2,1-2H3,(H,20,25);1H4/t19-,27?;18-,31?;/m00./s1. The van der Waals surface area contributed by atoms with Gasteiger partial charge < -0.3 is 27.6 Å². The van der Waals surface area contributed by atoms with E-state index in [2.05, 4.69) is 10.2 Å². The van der Waals surface area contributed by atoms with Gasteiger partial charge >= 0.3 is 27.4 Å². The molecule has 0 saturated heterocycles. The second kappa shape index (κ2) is 24.1. The third-order valence-electron chi connectivity index (χ3n) is 7.62. The Morgan fingerprint density at radius 2 is 1.08 bits per heavy atom. The highest BCUT2D eigenvalue weighted by Gasteiger charge is 2.38. The number of nitrogens with one attached hydrogen (secondary N) is 2. The van der Waals surface area contributed by atoms with E-state index < -0.39 is 54.3 Å². The second-order valence-electron chi connectivity index (χ2n) is 13.0. The summed E-state index contributed by atoms with van der Waals surface area (Å²) in [4.78, 5) is 34.9. The van der Waals surface area contributed by atoms with Crippen LogP contribution >= 0.6 is 15.5 Å². The number of nitro groups is 1. The minimum absolute atomic E-state index is 0. The molecule has 0 bridgehead atoms. The largest absolute Gasteiger partial charge is 0.513 e. The fraction of sp³-hybridized carbons (Fsp3) is 0.350. The minimum atomic E-state index is -4.33. The lowest BCUT2D eigenvalue weighted by molar-refractivity contribution is -0.384. The summed E-state index contributed by atoms with van der Waals surface area (Å²) < 4.78 is 82.6. The van der Waals surface area contributed by atoms with E-state index in [0.717, 1.165) is 24.0 Å². The number of para-hydroxylation sites is 2. The van der Waals surface area contributed by atoms with Crippen molar-refractivity contribution in [3.8, 4) is 23.0 Å². The lowest BCUT2D eigenvalue weighted by Crippen LogP contribution is -2.42. The Hall–Kier alpha value is -5.25. The Labute approximate surface area is 351 Å². The van der Waals surface area contributed by atoms with Crippen molar-refractivity contribution >= 4 is 43.0 Å². The van der Waals surface area contributed by atoms with Crippen LogP contribution in [0.2, 0.25) is 0 Å². The average molecular weight is 894 g/mol. The summed E-state index contributed by atoms with van der Waals surface area (Å²) in [6.45, 7) is 9.13. The maximum Gasteiger partial charge on any atom is 0.513 e. The number of carbonyl (C=O) groups is 2. The molecule has 0 radical (unpaired) electrons. The second-order valence-corrected chi connectivity index (χ2v) is 18.5. The Balaban J connectivity index is 0.000000412. The predicted molar refractivity (Wildman–Crippen MR) is 228 cm³/mol. The van der Waals surface area contributed by atoms with Crippen molar-refractivity contribution in [1.82, 2.24) is 10.2 Å². The summed E-state index contributed by atoms with van der Waals surface area (Å²) in [6.07, 6.45) is 0.756. The third kappa shape index (κ3) is 17.9. The number of nitro benzene ring substituents is 1. The smallest absolute Gasteiger partial charge is 0.465 e. The van der Waals surface area contributed by atoms with Crippen molar-refractivity contribution in [2.45, 2.75) is 60.5 Å². The topological polar surface area (TPSA) is 225 Å². The Morgan fingerprint density at radius 3 is 1.48 bits per heavy atom. The molecule has 4 aromatic rings. The number of benzene rings is 4. The van der Waals surface area contributed by atoms with Crippen molar-refractivity contribution in [2.75, 3.05) is 25.2 Å². The molecule has 2 N–H and O–H groups in total. The highest BCUT2D eigenvalue weighted by atomic mass is 32.2. The highest BCUT2D eigenvalue weighted by Crippen LogP contribution is 2.47. The van der Waals surface area contributed by atoms with Crippen molar-refractivity contribution in [3.63, 3.8) is 0 Å². The molecule has 0 amide bonds. The number of aryl methyl sites for hydroxylation is 1.